The molecular formula is C27H33ClN6O3. The molecule has 1 aromatic heterocycles. The number of carbonyl (C=O) groups is 1. The van der Waals surface area contributed by atoms with E-state index in [2.05, 4.69) is 43.5 Å². The van der Waals surface area contributed by atoms with Crippen molar-refractivity contribution in [1.82, 2.24) is 20.2 Å². The van der Waals surface area contributed by atoms with Gasteiger partial charge in [0.2, 0.25) is 11.8 Å². The molecule has 2 N–H and O–H groups in total. The van der Waals surface area contributed by atoms with Crippen LogP contribution in [0, 0.1) is 0 Å². The van der Waals surface area contributed by atoms with Crippen molar-refractivity contribution in [3.8, 4) is 17.4 Å². The second kappa shape index (κ2) is 11.7. The van der Waals surface area contributed by atoms with Gasteiger partial charge < -0.3 is 29.9 Å². The molecule has 0 atom stereocenters. The van der Waals surface area contributed by atoms with Gasteiger partial charge in [0.15, 0.2) is 0 Å². The SMILES string of the molecule is CNC(=O)c1c(Oc2nc(Nc3ccc(N4CCN(C)CC4)cc3OC)ncc2Cl)cccc1C(C)C. The van der Waals surface area contributed by atoms with Crippen LogP contribution in [0.2, 0.25) is 5.02 Å². The summed E-state index contributed by atoms with van der Waals surface area (Å²) in [6.07, 6.45) is 1.46. The normalized spacial score (nSPS) is 14.0. The molecule has 0 unspecified atom stereocenters. The average molecular weight is 525 g/mol. The maximum Gasteiger partial charge on any atom is 0.255 e. The molecule has 0 bridgehead atoms. The number of hydrogen-bond donors (Lipinski definition) is 2. The molecule has 37 heavy (non-hydrogen) atoms. The molecule has 2 aromatic carbocycles. The third kappa shape index (κ3) is 6.06. The van der Waals surface area contributed by atoms with Crippen LogP contribution >= 0.6 is 11.6 Å². The first-order valence-corrected chi connectivity index (χ1v) is 12.6. The van der Waals surface area contributed by atoms with Gasteiger partial charge in [0, 0.05) is 45.0 Å². The Morgan fingerprint density at radius 2 is 1.86 bits per heavy atom. The topological polar surface area (TPSA) is 91.8 Å². The Balaban J connectivity index is 1.59. The van der Waals surface area contributed by atoms with E-state index >= 15 is 0 Å². The Morgan fingerprint density at radius 1 is 1.11 bits per heavy atom. The molecule has 3 aromatic rings. The monoisotopic (exact) mass is 524 g/mol. The Hall–Kier alpha value is -3.56. The summed E-state index contributed by atoms with van der Waals surface area (Å²) in [5.74, 6) is 1.34. The van der Waals surface area contributed by atoms with Crippen molar-refractivity contribution < 1.29 is 14.3 Å². The van der Waals surface area contributed by atoms with Crippen LogP contribution < -0.4 is 25.0 Å². The number of ether oxygens (including phenoxy) is 2. The summed E-state index contributed by atoms with van der Waals surface area (Å²) >= 11 is 6.38. The number of nitrogens with zero attached hydrogens (tertiary/aromatic N) is 4. The lowest BCUT2D eigenvalue weighted by Gasteiger charge is -2.34. The van der Waals surface area contributed by atoms with Crippen LogP contribution in [0.1, 0.15) is 35.7 Å². The molecule has 0 aliphatic carbocycles. The molecule has 10 heteroatoms. The highest BCUT2D eigenvalue weighted by atomic mass is 35.5. The number of halogens is 1. The van der Waals surface area contributed by atoms with Crippen molar-refractivity contribution >= 4 is 34.8 Å². The zero-order chi connectivity index (χ0) is 26.5. The van der Waals surface area contributed by atoms with Crippen LogP contribution in [0.3, 0.4) is 0 Å². The molecule has 0 saturated carbocycles. The minimum Gasteiger partial charge on any atom is -0.494 e. The number of hydrogen-bond acceptors (Lipinski definition) is 8. The van der Waals surface area contributed by atoms with Gasteiger partial charge in [-0.1, -0.05) is 37.6 Å². The predicted molar refractivity (Wildman–Crippen MR) is 147 cm³/mol. The fraction of sp³-hybridized carbons (Fsp3) is 0.370. The number of nitrogens with one attached hydrogen (secondary N) is 2. The first kappa shape index (κ1) is 26.5. The largest absolute Gasteiger partial charge is 0.494 e. The second-order valence-electron chi connectivity index (χ2n) is 9.20. The van der Waals surface area contributed by atoms with Crippen molar-refractivity contribution in [3.63, 3.8) is 0 Å². The van der Waals surface area contributed by atoms with Crippen molar-refractivity contribution in [2.75, 3.05) is 57.6 Å². The van der Waals surface area contributed by atoms with E-state index in [9.17, 15) is 4.79 Å². The highest BCUT2D eigenvalue weighted by Gasteiger charge is 2.21. The third-order valence-electron chi connectivity index (χ3n) is 6.35. The first-order valence-electron chi connectivity index (χ1n) is 12.2. The van der Waals surface area contributed by atoms with Crippen molar-refractivity contribution in [3.05, 3.63) is 58.7 Å². The van der Waals surface area contributed by atoms with E-state index in [-0.39, 0.29) is 28.7 Å². The number of aromatic nitrogens is 2. The maximum absolute atomic E-state index is 12.7. The summed E-state index contributed by atoms with van der Waals surface area (Å²) in [5.41, 5.74) is 3.13. The molecule has 0 spiro atoms. The number of benzene rings is 2. The van der Waals surface area contributed by atoms with Crippen molar-refractivity contribution in [2.45, 2.75) is 19.8 Å². The second-order valence-corrected chi connectivity index (χ2v) is 9.61. The molecule has 1 aliphatic heterocycles. The Bertz CT molecular complexity index is 1260. The number of amides is 1. The lowest BCUT2D eigenvalue weighted by atomic mass is 9.96. The fourth-order valence-electron chi connectivity index (χ4n) is 4.23. The van der Waals surface area contributed by atoms with Gasteiger partial charge in [-0.3, -0.25) is 4.79 Å². The van der Waals surface area contributed by atoms with E-state index in [0.29, 0.717) is 22.7 Å². The van der Waals surface area contributed by atoms with Gasteiger partial charge in [-0.15, -0.1) is 0 Å². The molecule has 0 radical (unpaired) electrons. The predicted octanol–water partition coefficient (Wildman–Crippen LogP) is 4.91. The van der Waals surface area contributed by atoms with Gasteiger partial charge in [-0.2, -0.15) is 4.98 Å². The molecule has 9 nitrogen and oxygen atoms in total. The lowest BCUT2D eigenvalue weighted by molar-refractivity contribution is 0.0959. The molecule has 1 aliphatic rings. The molecule has 2 heterocycles. The molecule has 1 saturated heterocycles. The standard InChI is InChI=1S/C27H33ClN6O3/c1-17(2)19-7-6-8-22(24(19)25(35)29-3)37-26-20(28)16-30-27(32-26)31-21-10-9-18(15-23(21)36-5)34-13-11-33(4)12-14-34/h6-10,15-17H,11-14H2,1-5H3,(H,29,35)(H,30,31,32). The van der Waals surface area contributed by atoms with E-state index < -0.39 is 0 Å². The zero-order valence-corrected chi connectivity index (χ0v) is 22.6. The van der Waals surface area contributed by atoms with Crippen LogP contribution in [0.4, 0.5) is 17.3 Å². The average Bonchev–Trinajstić information content (AvgIpc) is 2.90. The molecule has 1 amide bonds. The van der Waals surface area contributed by atoms with Gasteiger partial charge in [0.25, 0.3) is 5.91 Å². The van der Waals surface area contributed by atoms with Gasteiger partial charge in [0.1, 0.15) is 16.5 Å². The summed E-state index contributed by atoms with van der Waals surface area (Å²) in [7, 11) is 5.36. The van der Waals surface area contributed by atoms with Crippen LogP contribution in [0.25, 0.3) is 0 Å². The van der Waals surface area contributed by atoms with Crippen LogP contribution in [-0.2, 0) is 0 Å². The number of rotatable bonds is 8. The summed E-state index contributed by atoms with van der Waals surface area (Å²) < 4.78 is 11.7. The van der Waals surface area contributed by atoms with Crippen molar-refractivity contribution in [1.29, 1.82) is 0 Å². The summed E-state index contributed by atoms with van der Waals surface area (Å²) in [6.45, 7) is 8.01. The van der Waals surface area contributed by atoms with Crippen LogP contribution in [0.15, 0.2) is 42.6 Å². The Morgan fingerprint density at radius 3 is 2.54 bits per heavy atom. The quantitative estimate of drug-likeness (QED) is 0.429. The number of likely N-dealkylation sites (N-methyl/N-ethyl adjacent to an activating group) is 1. The minimum absolute atomic E-state index is 0.121. The number of methoxy groups -OCH3 is 1. The maximum atomic E-state index is 12.7. The number of carbonyl (C=O) groups excluding carboxylic acids is 1. The highest BCUT2D eigenvalue weighted by molar-refractivity contribution is 6.31. The van der Waals surface area contributed by atoms with E-state index in [1.165, 1.54) is 6.20 Å². The number of piperazine rings is 1. The van der Waals surface area contributed by atoms with Gasteiger partial charge in [-0.05, 0) is 36.7 Å². The molecule has 196 valence electrons. The Labute approximate surface area is 222 Å². The Kier molecular flexibility index (Phi) is 8.35. The number of anilines is 3. The van der Waals surface area contributed by atoms with Gasteiger partial charge in [-0.25, -0.2) is 4.98 Å². The summed E-state index contributed by atoms with van der Waals surface area (Å²) in [5, 5.41) is 6.11. The summed E-state index contributed by atoms with van der Waals surface area (Å²) in [4.78, 5) is 26.1. The van der Waals surface area contributed by atoms with Gasteiger partial charge >= 0.3 is 0 Å². The van der Waals surface area contributed by atoms with E-state index in [4.69, 9.17) is 21.1 Å². The lowest BCUT2D eigenvalue weighted by Crippen LogP contribution is -2.44. The third-order valence-corrected chi connectivity index (χ3v) is 6.61. The van der Waals surface area contributed by atoms with E-state index in [1.807, 2.05) is 38.1 Å². The molecular weight excluding hydrogens is 492 g/mol. The van der Waals surface area contributed by atoms with E-state index in [1.54, 1.807) is 20.2 Å². The molecule has 4 rings (SSSR count). The highest BCUT2D eigenvalue weighted by Crippen LogP contribution is 2.35. The smallest absolute Gasteiger partial charge is 0.255 e. The summed E-state index contributed by atoms with van der Waals surface area (Å²) in [6, 6.07) is 11.5. The van der Waals surface area contributed by atoms with Crippen molar-refractivity contribution in [2.24, 2.45) is 0 Å². The molecule has 1 fully saturated rings. The minimum atomic E-state index is -0.243. The zero-order valence-electron chi connectivity index (χ0n) is 21.8. The van der Waals surface area contributed by atoms with Gasteiger partial charge in [0.05, 0.1) is 24.6 Å². The van der Waals surface area contributed by atoms with Crippen LogP contribution in [0.5, 0.6) is 17.4 Å². The fourth-order valence-corrected chi connectivity index (χ4v) is 4.36. The van der Waals surface area contributed by atoms with Crippen LogP contribution in [-0.4, -0.2) is 68.2 Å². The van der Waals surface area contributed by atoms with E-state index in [0.717, 1.165) is 37.4 Å². The first-order chi connectivity index (χ1) is 17.8.